The largest absolute Gasteiger partial charge is 0.465 e. The third-order valence-electron chi connectivity index (χ3n) is 3.20. The van der Waals surface area contributed by atoms with Crippen LogP contribution in [0.3, 0.4) is 0 Å². The number of nitrogen functional groups attached to an aromatic ring is 1. The zero-order valence-electron chi connectivity index (χ0n) is 11.8. The zero-order valence-corrected chi connectivity index (χ0v) is 13.4. The molecular formula is C12H17N3O4S2. The van der Waals surface area contributed by atoms with E-state index < -0.39 is 21.2 Å². The minimum Gasteiger partial charge on any atom is -0.465 e. The number of ether oxygens (including phenoxy) is 1. The lowest BCUT2D eigenvalue weighted by Crippen LogP contribution is -2.47. The minimum atomic E-state index is -3.25. The van der Waals surface area contributed by atoms with Crippen LogP contribution < -0.4 is 10.6 Å². The Bertz CT molecular complexity index is 648. The predicted octanol–water partition coefficient (Wildman–Crippen LogP) is 0.374. The molecule has 0 bridgehead atoms. The normalized spacial score (nSPS) is 19.3. The molecule has 2 N–H and O–H groups in total. The van der Waals surface area contributed by atoms with Crippen molar-refractivity contribution in [3.63, 3.8) is 0 Å². The molecule has 0 radical (unpaired) electrons. The number of pyridine rings is 1. The summed E-state index contributed by atoms with van der Waals surface area (Å²) in [6.45, 7) is 0.542. The number of thioether (sulfide) groups is 1. The summed E-state index contributed by atoms with van der Waals surface area (Å²) in [7, 11) is -1.99. The quantitative estimate of drug-likeness (QED) is 0.793. The van der Waals surface area contributed by atoms with Crippen LogP contribution in [0, 0.1) is 0 Å². The van der Waals surface area contributed by atoms with Crippen molar-refractivity contribution in [1.29, 1.82) is 0 Å². The average Bonchev–Trinajstić information content (AvgIpc) is 2.46. The summed E-state index contributed by atoms with van der Waals surface area (Å²) in [5, 5.41) is -0.655. The number of carbonyl (C=O) groups excluding carboxylic acids is 1. The molecule has 1 unspecified atom stereocenters. The Labute approximate surface area is 127 Å². The summed E-state index contributed by atoms with van der Waals surface area (Å²) in [4.78, 5) is 17.5. The number of carbonyl (C=O) groups is 1. The number of aromatic nitrogens is 1. The molecule has 1 aromatic rings. The van der Waals surface area contributed by atoms with Crippen molar-refractivity contribution < 1.29 is 17.9 Å². The van der Waals surface area contributed by atoms with Crippen LogP contribution in [-0.2, 0) is 14.6 Å². The van der Waals surface area contributed by atoms with Gasteiger partial charge in [-0.1, -0.05) is 0 Å². The van der Waals surface area contributed by atoms with Crippen LogP contribution in [0.25, 0.3) is 0 Å². The highest BCUT2D eigenvalue weighted by molar-refractivity contribution is 8.01. The maximum atomic E-state index is 11.9. The summed E-state index contributed by atoms with van der Waals surface area (Å²) in [6.07, 6.45) is 2.55. The van der Waals surface area contributed by atoms with E-state index in [-0.39, 0.29) is 11.3 Å². The zero-order chi connectivity index (χ0) is 15.6. The molecule has 2 rings (SSSR count). The van der Waals surface area contributed by atoms with Gasteiger partial charge in [-0.15, -0.1) is 0 Å². The summed E-state index contributed by atoms with van der Waals surface area (Å²) in [6, 6.07) is 1.48. The molecule has 0 saturated carbocycles. The van der Waals surface area contributed by atoms with Gasteiger partial charge in [-0.25, -0.2) is 18.2 Å². The maximum Gasteiger partial charge on any atom is 0.340 e. The predicted molar refractivity (Wildman–Crippen MR) is 83.3 cm³/mol. The fourth-order valence-electron chi connectivity index (χ4n) is 2.10. The Morgan fingerprint density at radius 3 is 2.90 bits per heavy atom. The Hall–Kier alpha value is -1.48. The summed E-state index contributed by atoms with van der Waals surface area (Å²) in [5.41, 5.74) is 6.10. The SMILES string of the molecule is COC(=O)c1cc(N2CCSCC2S(C)(=O)=O)ncc1N. The van der Waals surface area contributed by atoms with Crippen molar-refractivity contribution in [2.24, 2.45) is 0 Å². The maximum absolute atomic E-state index is 11.9. The third-order valence-corrected chi connectivity index (χ3v) is 5.84. The Kier molecular flexibility index (Phi) is 4.62. The van der Waals surface area contributed by atoms with Gasteiger partial charge in [0.1, 0.15) is 11.2 Å². The molecule has 0 aliphatic carbocycles. The van der Waals surface area contributed by atoms with Crippen LogP contribution in [0.2, 0.25) is 0 Å². The minimum absolute atomic E-state index is 0.188. The number of anilines is 2. The average molecular weight is 331 g/mol. The lowest BCUT2D eigenvalue weighted by Gasteiger charge is -2.35. The molecule has 1 aliphatic heterocycles. The van der Waals surface area contributed by atoms with Crippen LogP contribution in [-0.4, -0.2) is 56.2 Å². The third kappa shape index (κ3) is 3.41. The first-order chi connectivity index (χ1) is 9.84. The Morgan fingerprint density at radius 2 is 2.29 bits per heavy atom. The molecule has 7 nitrogen and oxygen atoms in total. The first-order valence-electron chi connectivity index (χ1n) is 6.21. The van der Waals surface area contributed by atoms with Gasteiger partial charge >= 0.3 is 5.97 Å². The second kappa shape index (κ2) is 6.10. The molecule has 2 heterocycles. The molecule has 1 atom stereocenters. The fourth-order valence-corrected chi connectivity index (χ4v) is 4.92. The number of sulfone groups is 1. The molecule has 1 aliphatic rings. The van der Waals surface area contributed by atoms with Gasteiger partial charge in [-0.05, 0) is 6.07 Å². The first kappa shape index (κ1) is 15.9. The van der Waals surface area contributed by atoms with Crippen molar-refractivity contribution >= 4 is 39.1 Å². The molecule has 1 saturated heterocycles. The van der Waals surface area contributed by atoms with Crippen molar-refractivity contribution in [2.45, 2.75) is 5.37 Å². The van der Waals surface area contributed by atoms with Gasteiger partial charge in [0.25, 0.3) is 0 Å². The van der Waals surface area contributed by atoms with Crippen LogP contribution in [0.1, 0.15) is 10.4 Å². The number of hydrogen-bond acceptors (Lipinski definition) is 8. The van der Waals surface area contributed by atoms with Crippen LogP contribution in [0.5, 0.6) is 0 Å². The fraction of sp³-hybridized carbons (Fsp3) is 0.500. The van der Waals surface area contributed by atoms with Gasteiger partial charge in [0.15, 0.2) is 9.84 Å². The summed E-state index contributed by atoms with van der Waals surface area (Å²) < 4.78 is 28.5. The Balaban J connectivity index is 2.42. The molecule has 21 heavy (non-hydrogen) atoms. The van der Waals surface area contributed by atoms with E-state index in [1.54, 1.807) is 16.7 Å². The topological polar surface area (TPSA) is 103 Å². The number of hydrogen-bond donors (Lipinski definition) is 1. The van der Waals surface area contributed by atoms with E-state index in [0.29, 0.717) is 18.1 Å². The highest BCUT2D eigenvalue weighted by atomic mass is 32.2. The molecule has 1 fully saturated rings. The molecule has 9 heteroatoms. The molecule has 116 valence electrons. The van der Waals surface area contributed by atoms with Crippen molar-refractivity contribution in [1.82, 2.24) is 4.98 Å². The van der Waals surface area contributed by atoms with Gasteiger partial charge in [-0.3, -0.25) is 0 Å². The van der Waals surface area contributed by atoms with E-state index in [9.17, 15) is 13.2 Å². The van der Waals surface area contributed by atoms with Gasteiger partial charge in [0.2, 0.25) is 0 Å². The van der Waals surface area contributed by atoms with Gasteiger partial charge < -0.3 is 15.4 Å². The van der Waals surface area contributed by atoms with Crippen molar-refractivity contribution in [3.05, 3.63) is 17.8 Å². The number of rotatable bonds is 3. The lowest BCUT2D eigenvalue weighted by molar-refractivity contribution is 0.0602. The second-order valence-electron chi connectivity index (χ2n) is 4.67. The van der Waals surface area contributed by atoms with Gasteiger partial charge in [0.05, 0.1) is 24.6 Å². The van der Waals surface area contributed by atoms with Crippen LogP contribution in [0.15, 0.2) is 12.3 Å². The standard InChI is InChI=1S/C12H17N3O4S2/c1-19-12(16)8-5-10(14-6-9(8)13)15-3-4-20-7-11(15)21(2,17)18/h5-6,11H,3-4,7,13H2,1-2H3. The smallest absolute Gasteiger partial charge is 0.340 e. The van der Waals surface area contributed by atoms with E-state index in [2.05, 4.69) is 9.72 Å². The second-order valence-corrected chi connectivity index (χ2v) is 8.03. The van der Waals surface area contributed by atoms with E-state index in [1.165, 1.54) is 25.6 Å². The monoisotopic (exact) mass is 331 g/mol. The number of nitrogens with zero attached hydrogens (tertiary/aromatic N) is 2. The van der Waals surface area contributed by atoms with Gasteiger partial charge in [-0.2, -0.15) is 11.8 Å². The summed E-state index contributed by atoms with van der Waals surface area (Å²) in [5.74, 6) is 1.11. The van der Waals surface area contributed by atoms with Crippen molar-refractivity contribution in [2.75, 3.05) is 42.0 Å². The first-order valence-corrected chi connectivity index (χ1v) is 9.32. The Morgan fingerprint density at radius 1 is 1.57 bits per heavy atom. The van der Waals surface area contributed by atoms with Crippen LogP contribution in [0.4, 0.5) is 11.5 Å². The molecule has 0 amide bonds. The van der Waals surface area contributed by atoms with E-state index in [4.69, 9.17) is 5.73 Å². The number of esters is 1. The molecule has 0 spiro atoms. The van der Waals surface area contributed by atoms with E-state index in [1.807, 2.05) is 0 Å². The molecule has 0 aromatic carbocycles. The van der Waals surface area contributed by atoms with Crippen molar-refractivity contribution in [3.8, 4) is 0 Å². The lowest BCUT2D eigenvalue weighted by atomic mass is 10.2. The molecular weight excluding hydrogens is 314 g/mol. The molecule has 1 aromatic heterocycles. The van der Waals surface area contributed by atoms with E-state index in [0.717, 1.165) is 5.75 Å². The highest BCUT2D eigenvalue weighted by Gasteiger charge is 2.32. The van der Waals surface area contributed by atoms with Gasteiger partial charge in [0, 0.05) is 24.3 Å². The summed E-state index contributed by atoms with van der Waals surface area (Å²) >= 11 is 1.58. The number of methoxy groups -OCH3 is 1. The van der Waals surface area contributed by atoms with E-state index >= 15 is 0 Å². The highest BCUT2D eigenvalue weighted by Crippen LogP contribution is 2.27. The van der Waals surface area contributed by atoms with Crippen LogP contribution >= 0.6 is 11.8 Å². The number of nitrogens with two attached hydrogens (primary N) is 1.